The Bertz CT molecular complexity index is 810. The maximum Gasteiger partial charge on any atom is 0.259 e. The molecule has 2 N–H and O–H groups in total. The number of nitrogens with one attached hydrogen (secondary N) is 1. The van der Waals surface area contributed by atoms with Crippen LogP contribution in [-0.2, 0) is 0 Å². The van der Waals surface area contributed by atoms with E-state index in [9.17, 15) is 9.90 Å². The van der Waals surface area contributed by atoms with Gasteiger partial charge in [0.05, 0.1) is 5.56 Å². The van der Waals surface area contributed by atoms with Gasteiger partial charge in [0.2, 0.25) is 0 Å². The number of para-hydroxylation sites is 1. The summed E-state index contributed by atoms with van der Waals surface area (Å²) in [5.74, 6) is -0.332. The molecule has 21 heavy (non-hydrogen) atoms. The van der Waals surface area contributed by atoms with Crippen LogP contribution in [0.1, 0.15) is 15.9 Å². The first-order chi connectivity index (χ1) is 10.1. The van der Waals surface area contributed by atoms with Gasteiger partial charge in [-0.15, -0.1) is 0 Å². The van der Waals surface area contributed by atoms with Gasteiger partial charge in [-0.2, -0.15) is 0 Å². The van der Waals surface area contributed by atoms with E-state index in [0.29, 0.717) is 5.69 Å². The Morgan fingerprint density at radius 1 is 0.952 bits per heavy atom. The third-order valence-electron chi connectivity index (χ3n) is 3.39. The van der Waals surface area contributed by atoms with Gasteiger partial charge in [-0.25, -0.2) is 0 Å². The third kappa shape index (κ3) is 2.72. The van der Waals surface area contributed by atoms with E-state index in [2.05, 4.69) is 5.32 Å². The second kappa shape index (κ2) is 5.29. The molecule has 0 fully saturated rings. The fourth-order valence-electron chi connectivity index (χ4n) is 2.31. The number of aromatic hydroxyl groups is 1. The molecule has 3 heteroatoms. The number of carbonyl (C=O) groups is 1. The minimum Gasteiger partial charge on any atom is -0.507 e. The molecule has 0 spiro atoms. The van der Waals surface area contributed by atoms with Crippen LogP contribution in [0.15, 0.2) is 60.7 Å². The highest BCUT2D eigenvalue weighted by Gasteiger charge is 2.12. The molecule has 0 atom stereocenters. The molecule has 0 bridgehead atoms. The summed E-state index contributed by atoms with van der Waals surface area (Å²) in [6.07, 6.45) is 0. The predicted octanol–water partition coefficient (Wildman–Crippen LogP) is 4.11. The van der Waals surface area contributed by atoms with Gasteiger partial charge in [-0.05, 0) is 42.0 Å². The van der Waals surface area contributed by atoms with Crippen molar-refractivity contribution >= 4 is 22.4 Å². The van der Waals surface area contributed by atoms with Gasteiger partial charge < -0.3 is 10.4 Å². The van der Waals surface area contributed by atoms with Gasteiger partial charge in [-0.3, -0.25) is 4.79 Å². The Morgan fingerprint density at radius 3 is 2.48 bits per heavy atom. The second-order valence-corrected chi connectivity index (χ2v) is 5.04. The number of carbonyl (C=O) groups excluding carboxylic acids is 1. The molecule has 0 aromatic heterocycles. The number of anilines is 1. The summed E-state index contributed by atoms with van der Waals surface area (Å²) in [5.41, 5.74) is 2.09. The monoisotopic (exact) mass is 277 g/mol. The van der Waals surface area contributed by atoms with Crippen molar-refractivity contribution in [1.29, 1.82) is 0 Å². The number of phenols is 1. The van der Waals surface area contributed by atoms with E-state index in [4.69, 9.17) is 0 Å². The van der Waals surface area contributed by atoms with Crippen molar-refractivity contribution in [2.45, 2.75) is 6.92 Å². The van der Waals surface area contributed by atoms with Crippen LogP contribution in [0.4, 0.5) is 5.69 Å². The number of rotatable bonds is 2. The zero-order chi connectivity index (χ0) is 14.8. The van der Waals surface area contributed by atoms with Gasteiger partial charge in [0.1, 0.15) is 5.75 Å². The van der Waals surface area contributed by atoms with Gasteiger partial charge in [0.25, 0.3) is 5.91 Å². The Kier molecular flexibility index (Phi) is 3.32. The van der Waals surface area contributed by atoms with Gasteiger partial charge in [0.15, 0.2) is 0 Å². The largest absolute Gasteiger partial charge is 0.507 e. The van der Waals surface area contributed by atoms with Crippen LogP contribution in [0, 0.1) is 6.92 Å². The number of hydrogen-bond acceptors (Lipinski definition) is 2. The first-order valence-electron chi connectivity index (χ1n) is 6.73. The van der Waals surface area contributed by atoms with E-state index >= 15 is 0 Å². The lowest BCUT2D eigenvalue weighted by Gasteiger charge is -2.09. The summed E-state index contributed by atoms with van der Waals surface area (Å²) in [6.45, 7) is 2.00. The van der Waals surface area contributed by atoms with Crippen LogP contribution in [0.5, 0.6) is 5.75 Å². The van der Waals surface area contributed by atoms with Crippen molar-refractivity contribution in [3.8, 4) is 5.75 Å². The summed E-state index contributed by atoms with van der Waals surface area (Å²) in [6, 6.07) is 18.4. The van der Waals surface area contributed by atoms with Crippen molar-refractivity contribution in [2.24, 2.45) is 0 Å². The van der Waals surface area contributed by atoms with Crippen molar-refractivity contribution in [1.82, 2.24) is 0 Å². The van der Waals surface area contributed by atoms with E-state index < -0.39 is 0 Å². The van der Waals surface area contributed by atoms with Crippen molar-refractivity contribution < 1.29 is 9.90 Å². The number of amides is 1. The fourth-order valence-corrected chi connectivity index (χ4v) is 2.31. The van der Waals surface area contributed by atoms with E-state index in [1.54, 1.807) is 24.3 Å². The van der Waals surface area contributed by atoms with Gasteiger partial charge in [0, 0.05) is 5.69 Å². The highest BCUT2D eigenvalue weighted by atomic mass is 16.3. The quantitative estimate of drug-likeness (QED) is 0.740. The molecule has 0 aliphatic rings. The summed E-state index contributed by atoms with van der Waals surface area (Å²) < 4.78 is 0. The van der Waals surface area contributed by atoms with Gasteiger partial charge >= 0.3 is 0 Å². The molecule has 0 radical (unpaired) electrons. The molecular weight excluding hydrogens is 262 g/mol. The standard InChI is InChI=1S/C18H15NO2/c1-12-7-8-13-11-17(20)16(10-14(13)9-12)18(21)19-15-5-3-2-4-6-15/h2-11,20H,1H3,(H,19,21). The molecule has 3 rings (SSSR count). The van der Waals surface area contributed by atoms with Gasteiger partial charge in [-0.1, -0.05) is 42.0 Å². The molecule has 0 heterocycles. The molecule has 3 aromatic carbocycles. The van der Waals surface area contributed by atoms with Crippen molar-refractivity contribution in [3.63, 3.8) is 0 Å². The molecular formula is C18H15NO2. The Hall–Kier alpha value is -2.81. The summed E-state index contributed by atoms with van der Waals surface area (Å²) in [5, 5.41) is 14.7. The smallest absolute Gasteiger partial charge is 0.259 e. The van der Waals surface area contributed by atoms with Crippen LogP contribution >= 0.6 is 0 Å². The zero-order valence-electron chi connectivity index (χ0n) is 11.6. The van der Waals surface area contributed by atoms with E-state index in [1.165, 1.54) is 0 Å². The fraction of sp³-hybridized carbons (Fsp3) is 0.0556. The van der Waals surface area contributed by atoms with Crippen LogP contribution < -0.4 is 5.32 Å². The van der Waals surface area contributed by atoms with Crippen LogP contribution in [0.3, 0.4) is 0 Å². The Balaban J connectivity index is 1.99. The highest BCUT2D eigenvalue weighted by Crippen LogP contribution is 2.26. The average Bonchev–Trinajstić information content (AvgIpc) is 2.48. The lowest BCUT2D eigenvalue weighted by molar-refractivity contribution is 0.102. The number of hydrogen-bond donors (Lipinski definition) is 2. The van der Waals surface area contributed by atoms with Crippen LogP contribution in [0.25, 0.3) is 10.8 Å². The zero-order valence-corrected chi connectivity index (χ0v) is 11.6. The SMILES string of the molecule is Cc1ccc2cc(O)c(C(=O)Nc3ccccc3)cc2c1. The first-order valence-corrected chi connectivity index (χ1v) is 6.73. The minimum absolute atomic E-state index is 0.0141. The van der Waals surface area contributed by atoms with E-state index in [0.717, 1.165) is 16.3 Å². The number of phenolic OH excluding ortho intramolecular Hbond substituents is 1. The maximum atomic E-state index is 12.3. The van der Waals surface area contributed by atoms with E-state index in [1.807, 2.05) is 43.3 Å². The molecule has 0 aliphatic carbocycles. The Labute approximate surface area is 122 Å². The van der Waals surface area contributed by atoms with Crippen LogP contribution in [-0.4, -0.2) is 11.0 Å². The minimum atomic E-state index is -0.317. The highest BCUT2D eigenvalue weighted by molar-refractivity contribution is 6.08. The topological polar surface area (TPSA) is 49.3 Å². The summed E-state index contributed by atoms with van der Waals surface area (Å²) in [7, 11) is 0. The second-order valence-electron chi connectivity index (χ2n) is 5.04. The molecule has 0 unspecified atom stereocenters. The average molecular weight is 277 g/mol. The molecule has 3 nitrogen and oxygen atoms in total. The predicted molar refractivity (Wildman–Crippen MR) is 84.7 cm³/mol. The molecule has 0 saturated carbocycles. The lowest BCUT2D eigenvalue weighted by Crippen LogP contribution is -2.12. The normalized spacial score (nSPS) is 10.5. The van der Waals surface area contributed by atoms with Crippen molar-refractivity contribution in [3.05, 3.63) is 71.8 Å². The summed E-state index contributed by atoms with van der Waals surface area (Å²) >= 11 is 0. The maximum absolute atomic E-state index is 12.3. The number of aryl methyl sites for hydroxylation is 1. The van der Waals surface area contributed by atoms with E-state index in [-0.39, 0.29) is 17.2 Å². The number of benzene rings is 3. The molecule has 3 aromatic rings. The molecule has 0 saturated heterocycles. The Morgan fingerprint density at radius 2 is 1.71 bits per heavy atom. The summed E-state index contributed by atoms with van der Waals surface area (Å²) in [4.78, 5) is 12.3. The van der Waals surface area contributed by atoms with Crippen LogP contribution in [0.2, 0.25) is 0 Å². The van der Waals surface area contributed by atoms with Crippen molar-refractivity contribution in [2.75, 3.05) is 5.32 Å². The lowest BCUT2D eigenvalue weighted by atomic mass is 10.0. The molecule has 0 aliphatic heterocycles. The molecule has 104 valence electrons. The molecule has 1 amide bonds. The number of fused-ring (bicyclic) bond motifs is 1. The third-order valence-corrected chi connectivity index (χ3v) is 3.39. The first kappa shape index (κ1) is 13.2.